The second kappa shape index (κ2) is 13.9. The predicted molar refractivity (Wildman–Crippen MR) is 139 cm³/mol. The van der Waals surface area contributed by atoms with E-state index in [9.17, 15) is 9.59 Å². The molecule has 2 aromatic rings. The van der Waals surface area contributed by atoms with Gasteiger partial charge in [0.25, 0.3) is 5.91 Å². The first-order valence-electron chi connectivity index (χ1n) is 11.2. The lowest BCUT2D eigenvalue weighted by atomic mass is 10.1. The summed E-state index contributed by atoms with van der Waals surface area (Å²) in [6, 6.07) is 13.0. The number of esters is 1. The fourth-order valence-electron chi connectivity index (χ4n) is 3.31. The molecule has 1 aliphatic heterocycles. The molecule has 12 heteroatoms. The van der Waals surface area contributed by atoms with Gasteiger partial charge in [-0.2, -0.15) is 0 Å². The van der Waals surface area contributed by atoms with Gasteiger partial charge in [0.2, 0.25) is 0 Å². The first kappa shape index (κ1) is 29.9. The van der Waals surface area contributed by atoms with Crippen LogP contribution in [0.3, 0.4) is 0 Å². The molecule has 0 saturated heterocycles. The van der Waals surface area contributed by atoms with Crippen molar-refractivity contribution in [1.29, 1.82) is 0 Å². The lowest BCUT2D eigenvalue weighted by molar-refractivity contribution is -0.159. The van der Waals surface area contributed by atoms with Crippen LogP contribution in [0.15, 0.2) is 47.4 Å². The van der Waals surface area contributed by atoms with Crippen molar-refractivity contribution in [2.24, 2.45) is 0 Å². The maximum Gasteiger partial charge on any atom is 0.414 e. The number of nitrogens with zero attached hydrogens (tertiary/aromatic N) is 2. The van der Waals surface area contributed by atoms with E-state index in [2.05, 4.69) is 0 Å². The zero-order valence-corrected chi connectivity index (χ0v) is 22.4. The van der Waals surface area contributed by atoms with Crippen LogP contribution in [0.1, 0.15) is 24.2 Å². The average molecular weight is 553 g/mol. The monoisotopic (exact) mass is 552 g/mol. The highest BCUT2D eigenvalue weighted by Gasteiger charge is 2.41. The van der Waals surface area contributed by atoms with Crippen molar-refractivity contribution >= 4 is 52.9 Å². The van der Waals surface area contributed by atoms with E-state index in [1.165, 1.54) is 11.8 Å². The van der Waals surface area contributed by atoms with E-state index in [-0.39, 0.29) is 12.3 Å². The van der Waals surface area contributed by atoms with Gasteiger partial charge >= 0.3 is 17.9 Å². The minimum Gasteiger partial charge on any atom is -0.497 e. The number of carboxylic acids is 2. The molecule has 200 valence electrons. The Morgan fingerprint density at radius 2 is 1.70 bits per heavy atom. The Hall–Kier alpha value is -3.28. The van der Waals surface area contributed by atoms with Gasteiger partial charge in [-0.3, -0.25) is 9.59 Å². The molecule has 0 saturated carbocycles. The van der Waals surface area contributed by atoms with E-state index in [4.69, 9.17) is 40.9 Å². The van der Waals surface area contributed by atoms with Gasteiger partial charge in [0.05, 0.1) is 18.0 Å². The van der Waals surface area contributed by atoms with Crippen molar-refractivity contribution in [3.05, 3.63) is 53.1 Å². The Morgan fingerprint density at radius 3 is 2.22 bits per heavy atom. The van der Waals surface area contributed by atoms with E-state index < -0.39 is 29.3 Å². The van der Waals surface area contributed by atoms with Gasteiger partial charge in [-0.1, -0.05) is 30.7 Å². The SMILES string of the molecule is CCC(=O)OC1C(=O)N(CCN(C)C)c2ccc(Cl)cc2SC1c1ccc(OC)cc1.O=C(O)C(=O)O. The van der Waals surface area contributed by atoms with E-state index in [0.29, 0.717) is 23.9 Å². The molecule has 0 spiro atoms. The summed E-state index contributed by atoms with van der Waals surface area (Å²) in [7, 11) is 5.51. The van der Waals surface area contributed by atoms with E-state index in [0.717, 1.165) is 16.1 Å². The van der Waals surface area contributed by atoms with Crippen LogP contribution in [-0.4, -0.2) is 79.3 Å². The summed E-state index contributed by atoms with van der Waals surface area (Å²) in [5, 5.41) is 14.9. The quantitative estimate of drug-likeness (QED) is 0.388. The Labute approximate surface area is 224 Å². The third kappa shape index (κ3) is 8.38. The van der Waals surface area contributed by atoms with Crippen molar-refractivity contribution in [2.45, 2.75) is 29.6 Å². The number of aliphatic carboxylic acids is 2. The van der Waals surface area contributed by atoms with Crippen LogP contribution in [-0.2, 0) is 23.9 Å². The maximum absolute atomic E-state index is 13.7. The lowest BCUT2D eigenvalue weighted by Gasteiger charge is -2.28. The van der Waals surface area contributed by atoms with Crippen LogP contribution in [0.25, 0.3) is 0 Å². The molecule has 1 heterocycles. The number of methoxy groups -OCH3 is 1. The molecule has 2 N–H and O–H groups in total. The number of ether oxygens (including phenoxy) is 2. The van der Waals surface area contributed by atoms with Crippen molar-refractivity contribution in [3.63, 3.8) is 0 Å². The fourth-order valence-corrected chi connectivity index (χ4v) is 4.90. The second-order valence-corrected chi connectivity index (χ2v) is 9.71. The van der Waals surface area contributed by atoms with Crippen LogP contribution in [0.2, 0.25) is 5.02 Å². The number of carbonyl (C=O) groups excluding carboxylic acids is 2. The summed E-state index contributed by atoms with van der Waals surface area (Å²) >= 11 is 7.77. The number of rotatable bonds is 7. The summed E-state index contributed by atoms with van der Waals surface area (Å²) in [6.45, 7) is 2.86. The Bertz CT molecular complexity index is 1110. The maximum atomic E-state index is 13.7. The van der Waals surface area contributed by atoms with E-state index in [1.54, 1.807) is 25.0 Å². The molecule has 37 heavy (non-hydrogen) atoms. The normalized spacial score (nSPS) is 16.7. The fraction of sp³-hybridized carbons (Fsp3) is 0.360. The van der Waals surface area contributed by atoms with Crippen LogP contribution in [0.4, 0.5) is 5.69 Å². The predicted octanol–water partition coefficient (Wildman–Crippen LogP) is 3.57. The zero-order chi connectivity index (χ0) is 27.7. The number of halogens is 1. The molecule has 2 atom stereocenters. The van der Waals surface area contributed by atoms with Gasteiger partial charge < -0.3 is 29.5 Å². The molecular weight excluding hydrogens is 524 g/mol. The van der Waals surface area contributed by atoms with Crippen molar-refractivity contribution in [1.82, 2.24) is 4.90 Å². The number of amides is 1. The highest BCUT2D eigenvalue weighted by Crippen LogP contribution is 2.47. The minimum absolute atomic E-state index is 0.195. The number of thioether (sulfide) groups is 1. The Balaban J connectivity index is 0.000000717. The molecule has 0 fully saturated rings. The van der Waals surface area contributed by atoms with Crippen LogP contribution in [0.5, 0.6) is 5.75 Å². The number of fused-ring (bicyclic) bond motifs is 1. The van der Waals surface area contributed by atoms with Crippen LogP contribution >= 0.6 is 23.4 Å². The third-order valence-corrected chi connectivity index (χ3v) is 6.79. The number of carbonyl (C=O) groups is 4. The molecule has 10 nitrogen and oxygen atoms in total. The van der Waals surface area contributed by atoms with Crippen molar-refractivity contribution in [2.75, 3.05) is 39.2 Å². The first-order chi connectivity index (χ1) is 17.5. The van der Waals surface area contributed by atoms with Gasteiger partial charge in [-0.25, -0.2) is 9.59 Å². The van der Waals surface area contributed by atoms with Gasteiger partial charge in [0.1, 0.15) is 5.75 Å². The van der Waals surface area contributed by atoms with Gasteiger partial charge in [0, 0.05) is 29.4 Å². The van der Waals surface area contributed by atoms with Gasteiger partial charge in [-0.15, -0.1) is 11.8 Å². The Morgan fingerprint density at radius 1 is 1.08 bits per heavy atom. The Kier molecular flexibility index (Phi) is 11.2. The van der Waals surface area contributed by atoms with Crippen LogP contribution in [0, 0.1) is 0 Å². The van der Waals surface area contributed by atoms with Gasteiger partial charge in [-0.05, 0) is 50.0 Å². The summed E-state index contributed by atoms with van der Waals surface area (Å²) in [4.78, 5) is 48.8. The first-order valence-corrected chi connectivity index (χ1v) is 12.5. The number of benzene rings is 2. The standard InChI is InChI=1S/C23H27ClN2O4S.C2H2O4/c1-5-20(27)30-21-22(15-6-9-17(29-4)10-7-15)31-19-14-16(24)8-11-18(19)26(23(21)28)13-12-25(2)3;3-1(4)2(5)6/h6-11,14,21-22H,5,12-13H2,1-4H3;(H,3,4)(H,5,6). The molecule has 1 aliphatic rings. The molecule has 3 rings (SSSR count). The second-order valence-electron chi connectivity index (χ2n) is 8.09. The van der Waals surface area contributed by atoms with Gasteiger partial charge in [0.15, 0.2) is 6.10 Å². The number of anilines is 1. The van der Waals surface area contributed by atoms with Crippen molar-refractivity contribution in [3.8, 4) is 5.75 Å². The van der Waals surface area contributed by atoms with E-state index >= 15 is 0 Å². The minimum atomic E-state index is -1.82. The summed E-state index contributed by atoms with van der Waals surface area (Å²) in [5.74, 6) is -3.58. The van der Waals surface area contributed by atoms with Crippen molar-refractivity contribution < 1.29 is 38.9 Å². The molecule has 2 unspecified atom stereocenters. The number of hydrogen-bond acceptors (Lipinski definition) is 8. The number of hydrogen-bond donors (Lipinski definition) is 2. The molecule has 2 aromatic carbocycles. The summed E-state index contributed by atoms with van der Waals surface area (Å²) in [5.41, 5.74) is 1.64. The number of likely N-dealkylation sites (N-methyl/N-ethyl adjacent to an activating group) is 1. The third-order valence-electron chi connectivity index (χ3n) is 5.20. The van der Waals surface area contributed by atoms with Crippen LogP contribution < -0.4 is 9.64 Å². The molecule has 0 radical (unpaired) electrons. The summed E-state index contributed by atoms with van der Waals surface area (Å²) < 4.78 is 11.0. The molecular formula is C25H29ClN2O8S. The number of carboxylic acid groups (broad SMARTS) is 2. The molecule has 1 amide bonds. The lowest BCUT2D eigenvalue weighted by Crippen LogP contribution is -2.45. The largest absolute Gasteiger partial charge is 0.497 e. The molecule has 0 bridgehead atoms. The smallest absolute Gasteiger partial charge is 0.414 e. The topological polar surface area (TPSA) is 134 Å². The van der Waals surface area contributed by atoms with E-state index in [1.807, 2.05) is 55.4 Å². The molecule has 0 aliphatic carbocycles. The highest BCUT2D eigenvalue weighted by atomic mass is 35.5. The summed E-state index contributed by atoms with van der Waals surface area (Å²) in [6.07, 6.45) is -0.764. The molecule has 0 aromatic heterocycles. The average Bonchev–Trinajstić information content (AvgIpc) is 2.97. The highest BCUT2D eigenvalue weighted by molar-refractivity contribution is 7.99. The zero-order valence-electron chi connectivity index (χ0n) is 20.8.